The van der Waals surface area contributed by atoms with Crippen LogP contribution in [0.5, 0.6) is 0 Å². The number of piperidine rings is 1. The Morgan fingerprint density at radius 1 is 1.26 bits per heavy atom. The molecule has 2 atom stereocenters. The summed E-state index contributed by atoms with van der Waals surface area (Å²) in [5.41, 5.74) is -0.523. The van der Waals surface area contributed by atoms with Gasteiger partial charge in [-0.2, -0.15) is 0 Å². The topological polar surface area (TPSA) is 121 Å². The van der Waals surface area contributed by atoms with Crippen molar-refractivity contribution in [1.29, 1.82) is 0 Å². The summed E-state index contributed by atoms with van der Waals surface area (Å²) in [6.07, 6.45) is 2.38. The summed E-state index contributed by atoms with van der Waals surface area (Å²) in [5, 5.41) is 21.7. The number of rotatable bonds is 3. The van der Waals surface area contributed by atoms with Crippen LogP contribution >= 0.6 is 0 Å². The van der Waals surface area contributed by atoms with Gasteiger partial charge in [0.25, 0.3) is 0 Å². The third kappa shape index (κ3) is 3.45. The molecule has 2 N–H and O–H groups in total. The van der Waals surface area contributed by atoms with Gasteiger partial charge in [0.05, 0.1) is 6.04 Å². The molecule has 10 heteroatoms. The number of nitrogens with zero attached hydrogens (tertiary/aromatic N) is 4. The van der Waals surface area contributed by atoms with E-state index >= 15 is 0 Å². The van der Waals surface area contributed by atoms with Crippen molar-refractivity contribution in [3.8, 4) is 0 Å². The quantitative estimate of drug-likeness (QED) is 0.772. The molecule has 2 unspecified atom stereocenters. The van der Waals surface area contributed by atoms with Gasteiger partial charge in [0, 0.05) is 18.5 Å². The minimum atomic E-state index is -0.523. The van der Waals surface area contributed by atoms with Gasteiger partial charge in [0.1, 0.15) is 11.6 Å². The predicted octanol–water partition coefficient (Wildman–Crippen LogP) is 2.17. The Kier molecular flexibility index (Phi) is 4.25. The summed E-state index contributed by atoms with van der Waals surface area (Å²) >= 11 is 0. The zero-order chi connectivity index (χ0) is 19.3. The maximum Gasteiger partial charge on any atom is 0.407 e. The van der Waals surface area contributed by atoms with Crippen LogP contribution in [-0.2, 0) is 4.74 Å². The molecule has 3 fully saturated rings. The van der Waals surface area contributed by atoms with Crippen molar-refractivity contribution in [3.63, 3.8) is 0 Å². The molecule has 10 nitrogen and oxygen atoms in total. The van der Waals surface area contributed by atoms with E-state index in [1.54, 1.807) is 4.90 Å². The lowest BCUT2D eigenvalue weighted by Crippen LogP contribution is -2.45. The van der Waals surface area contributed by atoms with Crippen molar-refractivity contribution in [3.05, 3.63) is 11.8 Å². The van der Waals surface area contributed by atoms with Gasteiger partial charge in [-0.1, -0.05) is 0 Å². The first kappa shape index (κ1) is 18.0. The molecular weight excluding hydrogens is 354 g/mol. The van der Waals surface area contributed by atoms with Crippen molar-refractivity contribution in [2.45, 2.75) is 76.1 Å². The minimum absolute atomic E-state index is 0.0266. The zero-order valence-electron chi connectivity index (χ0n) is 15.7. The summed E-state index contributed by atoms with van der Waals surface area (Å²) in [4.78, 5) is 25.5. The third-order valence-electron chi connectivity index (χ3n) is 5.29. The molecule has 2 bridgehead atoms. The molecule has 1 saturated carbocycles. The van der Waals surface area contributed by atoms with Crippen LogP contribution < -0.4 is 5.32 Å². The fourth-order valence-corrected chi connectivity index (χ4v) is 3.87. The van der Waals surface area contributed by atoms with E-state index in [1.165, 1.54) is 0 Å². The largest absolute Gasteiger partial charge is 0.444 e. The molecule has 3 amide bonds. The molecule has 2 saturated heterocycles. The van der Waals surface area contributed by atoms with Crippen LogP contribution in [0.4, 0.5) is 9.59 Å². The van der Waals surface area contributed by atoms with Crippen LogP contribution in [0.3, 0.4) is 0 Å². The molecule has 1 aromatic heterocycles. The van der Waals surface area contributed by atoms with E-state index in [0.29, 0.717) is 44.0 Å². The van der Waals surface area contributed by atoms with Crippen LogP contribution in [0.1, 0.15) is 70.2 Å². The lowest BCUT2D eigenvalue weighted by Gasteiger charge is -2.34. The van der Waals surface area contributed by atoms with Gasteiger partial charge in [0.2, 0.25) is 11.8 Å². The van der Waals surface area contributed by atoms with Crippen LogP contribution in [0, 0.1) is 0 Å². The van der Waals surface area contributed by atoms with Crippen LogP contribution in [0.15, 0.2) is 4.42 Å². The summed E-state index contributed by atoms with van der Waals surface area (Å²) in [6, 6.07) is -0.823. The van der Waals surface area contributed by atoms with Crippen molar-refractivity contribution in [2.75, 3.05) is 6.54 Å². The zero-order valence-corrected chi connectivity index (χ0v) is 15.7. The summed E-state index contributed by atoms with van der Waals surface area (Å²) in [6.45, 7) is 5.95. The van der Waals surface area contributed by atoms with E-state index in [4.69, 9.17) is 9.15 Å². The molecule has 27 heavy (non-hydrogen) atoms. The number of urea groups is 1. The highest BCUT2D eigenvalue weighted by Gasteiger charge is 2.47. The van der Waals surface area contributed by atoms with Gasteiger partial charge in [-0.25, -0.2) is 14.7 Å². The second kappa shape index (κ2) is 6.36. The Bertz CT molecular complexity index is 738. The molecule has 0 spiro atoms. The minimum Gasteiger partial charge on any atom is -0.444 e. The lowest BCUT2D eigenvalue weighted by molar-refractivity contribution is -0.0584. The van der Waals surface area contributed by atoms with E-state index in [-0.39, 0.29) is 24.0 Å². The molecule has 1 aromatic rings. The molecule has 0 radical (unpaired) electrons. The number of fused-ring (bicyclic) bond motifs is 2. The van der Waals surface area contributed by atoms with Gasteiger partial charge in [-0.05, 0) is 46.5 Å². The number of carbonyl (C=O) groups is 2. The Morgan fingerprint density at radius 2 is 1.96 bits per heavy atom. The number of hydroxylamine groups is 2. The van der Waals surface area contributed by atoms with Crippen molar-refractivity contribution in [1.82, 2.24) is 25.5 Å². The molecule has 2 aliphatic heterocycles. The Balaban J connectivity index is 1.32. The van der Waals surface area contributed by atoms with Crippen molar-refractivity contribution in [2.24, 2.45) is 0 Å². The van der Waals surface area contributed by atoms with E-state index in [1.807, 2.05) is 20.8 Å². The number of hydrogen-bond acceptors (Lipinski definition) is 7. The molecule has 148 valence electrons. The average Bonchev–Trinajstić information content (AvgIpc) is 3.10. The highest BCUT2D eigenvalue weighted by Crippen LogP contribution is 2.40. The van der Waals surface area contributed by atoms with E-state index in [0.717, 1.165) is 5.06 Å². The number of amides is 3. The van der Waals surface area contributed by atoms with Gasteiger partial charge in [-0.3, -0.25) is 5.21 Å². The van der Waals surface area contributed by atoms with Crippen molar-refractivity contribution >= 4 is 12.1 Å². The highest BCUT2D eigenvalue weighted by atomic mass is 16.6. The SMILES string of the molecule is CC(C)(C)OC(=O)NC1CC(c2nnc(C3CCC4CN3C(=O)N4O)o2)C1. The number of hydrogen-bond donors (Lipinski definition) is 2. The second-order valence-electron chi connectivity index (χ2n) is 8.52. The number of nitrogens with one attached hydrogen (secondary N) is 1. The predicted molar refractivity (Wildman–Crippen MR) is 90.9 cm³/mol. The van der Waals surface area contributed by atoms with Crippen LogP contribution in [0.2, 0.25) is 0 Å². The summed E-state index contributed by atoms with van der Waals surface area (Å²) in [5.74, 6) is 1.03. The Morgan fingerprint density at radius 3 is 2.67 bits per heavy atom. The van der Waals surface area contributed by atoms with E-state index < -0.39 is 17.7 Å². The van der Waals surface area contributed by atoms with Gasteiger partial charge in [0.15, 0.2) is 0 Å². The van der Waals surface area contributed by atoms with Gasteiger partial charge in [-0.15, -0.1) is 10.2 Å². The average molecular weight is 379 g/mol. The van der Waals surface area contributed by atoms with Crippen LogP contribution in [0.25, 0.3) is 0 Å². The molecule has 1 aliphatic carbocycles. The second-order valence-corrected chi connectivity index (χ2v) is 8.52. The Labute approximate surface area is 156 Å². The number of aromatic nitrogens is 2. The van der Waals surface area contributed by atoms with Crippen molar-refractivity contribution < 1.29 is 24.0 Å². The highest BCUT2D eigenvalue weighted by molar-refractivity contribution is 5.76. The summed E-state index contributed by atoms with van der Waals surface area (Å²) < 4.78 is 11.1. The first-order valence-electron chi connectivity index (χ1n) is 9.33. The number of carbonyl (C=O) groups excluding carboxylic acids is 2. The standard InChI is InChI=1S/C17H25N5O5/c1-17(2,3)27-15(23)18-10-6-9(7-10)13-19-20-14(26-13)12-5-4-11-8-21(12)16(24)22(11)25/h9-12,25H,4-8H2,1-3H3,(H,18,23). The van der Waals surface area contributed by atoms with E-state index in [9.17, 15) is 14.8 Å². The van der Waals surface area contributed by atoms with Crippen LogP contribution in [-0.4, -0.2) is 61.7 Å². The smallest absolute Gasteiger partial charge is 0.407 e. The first-order chi connectivity index (χ1) is 12.7. The van der Waals surface area contributed by atoms with Gasteiger partial charge < -0.3 is 19.4 Å². The summed E-state index contributed by atoms with van der Waals surface area (Å²) in [7, 11) is 0. The maximum absolute atomic E-state index is 12.1. The van der Waals surface area contributed by atoms with E-state index in [2.05, 4.69) is 15.5 Å². The maximum atomic E-state index is 12.1. The molecule has 3 heterocycles. The number of alkyl carbamates (subject to hydrolysis) is 1. The third-order valence-corrected chi connectivity index (χ3v) is 5.29. The molecule has 3 aliphatic rings. The molecular formula is C17H25N5O5. The molecule has 4 rings (SSSR count). The fraction of sp³-hybridized carbons (Fsp3) is 0.765. The normalized spacial score (nSPS) is 30.3. The lowest BCUT2D eigenvalue weighted by atomic mass is 9.80. The Hall–Kier alpha value is -2.36. The number of ether oxygens (including phenoxy) is 1. The van der Waals surface area contributed by atoms with Gasteiger partial charge >= 0.3 is 12.1 Å². The first-order valence-corrected chi connectivity index (χ1v) is 9.33. The fourth-order valence-electron chi connectivity index (χ4n) is 3.87. The monoisotopic (exact) mass is 379 g/mol. The molecule has 0 aromatic carbocycles.